The highest BCUT2D eigenvalue weighted by atomic mass is 32.1. The summed E-state index contributed by atoms with van der Waals surface area (Å²) in [4.78, 5) is 46.4. The molecule has 9 heteroatoms. The van der Waals surface area contributed by atoms with Crippen molar-refractivity contribution in [1.29, 1.82) is 0 Å². The maximum atomic E-state index is 13.9. The first-order chi connectivity index (χ1) is 19.1. The van der Waals surface area contributed by atoms with Gasteiger partial charge in [-0.15, -0.1) is 11.3 Å². The summed E-state index contributed by atoms with van der Waals surface area (Å²) in [5.41, 5.74) is 2.46. The van der Waals surface area contributed by atoms with Crippen LogP contribution in [-0.4, -0.2) is 46.4 Å². The number of carbonyl (C=O) groups is 3. The summed E-state index contributed by atoms with van der Waals surface area (Å²) in [5, 5.41) is 11.3. The summed E-state index contributed by atoms with van der Waals surface area (Å²) >= 11 is 1.36. The van der Waals surface area contributed by atoms with Gasteiger partial charge in [0.15, 0.2) is 5.13 Å². The van der Waals surface area contributed by atoms with Crippen molar-refractivity contribution in [2.75, 3.05) is 11.9 Å². The molecule has 2 atom stereocenters. The van der Waals surface area contributed by atoms with Gasteiger partial charge >= 0.3 is 6.03 Å². The van der Waals surface area contributed by atoms with Crippen LogP contribution in [0.5, 0.6) is 0 Å². The number of urea groups is 1. The third-order valence-corrected chi connectivity index (χ3v) is 8.25. The van der Waals surface area contributed by atoms with Gasteiger partial charge in [0, 0.05) is 23.5 Å². The largest absolute Gasteiger partial charge is 0.335 e. The molecule has 1 aromatic heterocycles. The molecule has 0 bridgehead atoms. The Labute approximate surface area is 233 Å². The number of hydrogen-bond donors (Lipinski definition) is 3. The van der Waals surface area contributed by atoms with Gasteiger partial charge in [-0.2, -0.15) is 0 Å². The number of rotatable bonds is 7. The van der Waals surface area contributed by atoms with E-state index in [-0.39, 0.29) is 23.9 Å². The van der Waals surface area contributed by atoms with E-state index in [4.69, 9.17) is 0 Å². The molecular formula is C30H35N5O3S. The average molecular weight is 546 g/mol. The fourth-order valence-corrected chi connectivity index (χ4v) is 6.17. The Kier molecular flexibility index (Phi) is 8.88. The summed E-state index contributed by atoms with van der Waals surface area (Å²) in [6.45, 7) is 0.458. The Morgan fingerprint density at radius 1 is 0.872 bits per heavy atom. The van der Waals surface area contributed by atoms with Crippen molar-refractivity contribution in [1.82, 2.24) is 20.5 Å². The number of amides is 4. The molecule has 0 radical (unpaired) electrons. The maximum Gasteiger partial charge on any atom is 0.315 e. The number of benzene rings is 2. The van der Waals surface area contributed by atoms with Crippen LogP contribution in [0.4, 0.5) is 9.93 Å². The van der Waals surface area contributed by atoms with E-state index in [2.05, 4.69) is 20.9 Å². The van der Waals surface area contributed by atoms with E-state index >= 15 is 0 Å². The number of likely N-dealkylation sites (tertiary alicyclic amines) is 1. The van der Waals surface area contributed by atoms with Crippen molar-refractivity contribution in [3.8, 4) is 11.3 Å². The Balaban J connectivity index is 1.27. The quantitative estimate of drug-likeness (QED) is 0.341. The summed E-state index contributed by atoms with van der Waals surface area (Å²) in [7, 11) is 0. The number of anilines is 1. The number of thiazole rings is 1. The topological polar surface area (TPSA) is 103 Å². The Bertz CT molecular complexity index is 1260. The highest BCUT2D eigenvalue weighted by Gasteiger charge is 2.38. The van der Waals surface area contributed by atoms with Gasteiger partial charge in [-0.25, -0.2) is 9.78 Å². The molecule has 3 N–H and O–H groups in total. The first kappa shape index (κ1) is 26.9. The monoisotopic (exact) mass is 545 g/mol. The third-order valence-electron chi connectivity index (χ3n) is 7.49. The lowest BCUT2D eigenvalue weighted by molar-refractivity contribution is -0.138. The number of hydrogen-bond acceptors (Lipinski definition) is 5. The van der Waals surface area contributed by atoms with E-state index in [1.807, 2.05) is 66.0 Å². The zero-order valence-electron chi connectivity index (χ0n) is 22.0. The molecular weight excluding hydrogens is 510 g/mol. The van der Waals surface area contributed by atoms with E-state index < -0.39 is 12.1 Å². The lowest BCUT2D eigenvalue weighted by Gasteiger charge is -2.29. The van der Waals surface area contributed by atoms with Gasteiger partial charge in [-0.1, -0.05) is 86.3 Å². The van der Waals surface area contributed by atoms with E-state index in [0.29, 0.717) is 30.1 Å². The molecule has 1 aliphatic heterocycles. The van der Waals surface area contributed by atoms with Gasteiger partial charge < -0.3 is 20.9 Å². The molecule has 1 saturated heterocycles. The molecule has 2 heterocycles. The SMILES string of the molecule is O=C(NC1CCCCCC1)N[C@@H](C(=O)N1CCC[C@H]1C(=O)Nc1nc(-c2ccccc2)cs1)c1ccccc1. The Morgan fingerprint density at radius 3 is 2.28 bits per heavy atom. The zero-order valence-corrected chi connectivity index (χ0v) is 22.8. The number of nitrogens with one attached hydrogen (secondary N) is 3. The minimum Gasteiger partial charge on any atom is -0.335 e. The van der Waals surface area contributed by atoms with Crippen molar-refractivity contribution in [2.45, 2.75) is 69.5 Å². The standard InChI is InChI=1S/C30H35N5O3S/c36-27(34-30-32-24(20-39-30)21-12-5-3-6-13-21)25-18-11-19-35(25)28(37)26(22-14-7-4-8-15-22)33-29(38)31-23-16-9-1-2-10-17-23/h3-8,12-15,20,23,25-26H,1-2,9-11,16-19H2,(H2,31,33,38)(H,32,34,36)/t25-,26+/m0/s1. The highest BCUT2D eigenvalue weighted by Crippen LogP contribution is 2.28. The van der Waals surface area contributed by atoms with Crippen LogP contribution in [0.3, 0.4) is 0 Å². The van der Waals surface area contributed by atoms with Crippen LogP contribution < -0.4 is 16.0 Å². The fourth-order valence-electron chi connectivity index (χ4n) is 5.45. The fraction of sp³-hybridized carbons (Fsp3) is 0.400. The summed E-state index contributed by atoms with van der Waals surface area (Å²) in [6.07, 6.45) is 7.76. The molecule has 204 valence electrons. The number of aromatic nitrogens is 1. The molecule has 3 aromatic rings. The van der Waals surface area contributed by atoms with Gasteiger partial charge in [0.1, 0.15) is 12.1 Å². The van der Waals surface area contributed by atoms with Gasteiger partial charge in [-0.05, 0) is 31.2 Å². The first-order valence-electron chi connectivity index (χ1n) is 13.8. The smallest absolute Gasteiger partial charge is 0.315 e. The third kappa shape index (κ3) is 6.84. The minimum atomic E-state index is -0.880. The van der Waals surface area contributed by atoms with Crippen LogP contribution in [0.25, 0.3) is 11.3 Å². The second kappa shape index (κ2) is 12.9. The summed E-state index contributed by atoms with van der Waals surface area (Å²) in [5.74, 6) is -0.538. The normalized spacial score (nSPS) is 18.7. The lowest BCUT2D eigenvalue weighted by atomic mass is 10.0. The average Bonchev–Trinajstić information content (AvgIpc) is 3.57. The van der Waals surface area contributed by atoms with E-state index in [0.717, 1.165) is 36.9 Å². The molecule has 8 nitrogen and oxygen atoms in total. The van der Waals surface area contributed by atoms with Crippen LogP contribution in [0.2, 0.25) is 0 Å². The summed E-state index contributed by atoms with van der Waals surface area (Å²) < 4.78 is 0. The van der Waals surface area contributed by atoms with Crippen LogP contribution in [0, 0.1) is 0 Å². The van der Waals surface area contributed by atoms with E-state index in [1.165, 1.54) is 24.2 Å². The summed E-state index contributed by atoms with van der Waals surface area (Å²) in [6, 6.07) is 17.3. The van der Waals surface area contributed by atoms with E-state index in [1.54, 1.807) is 4.90 Å². The second-order valence-corrected chi connectivity index (χ2v) is 11.1. The van der Waals surface area contributed by atoms with Crippen LogP contribution in [0.1, 0.15) is 63.0 Å². The highest BCUT2D eigenvalue weighted by molar-refractivity contribution is 7.14. The van der Waals surface area contributed by atoms with Gasteiger partial charge in [0.25, 0.3) is 5.91 Å². The molecule has 2 aromatic carbocycles. The Morgan fingerprint density at radius 2 is 1.56 bits per heavy atom. The van der Waals surface area contributed by atoms with Crippen molar-refractivity contribution >= 4 is 34.3 Å². The molecule has 2 fully saturated rings. The van der Waals surface area contributed by atoms with Gasteiger partial charge in [0.05, 0.1) is 5.69 Å². The second-order valence-electron chi connectivity index (χ2n) is 10.2. The molecule has 1 saturated carbocycles. The van der Waals surface area contributed by atoms with Crippen LogP contribution in [-0.2, 0) is 9.59 Å². The predicted octanol–water partition coefficient (Wildman–Crippen LogP) is 5.50. The molecule has 0 spiro atoms. The molecule has 4 amide bonds. The minimum absolute atomic E-state index is 0.114. The van der Waals surface area contributed by atoms with Crippen molar-refractivity contribution in [3.05, 3.63) is 71.6 Å². The molecule has 39 heavy (non-hydrogen) atoms. The Hall–Kier alpha value is -3.72. The van der Waals surface area contributed by atoms with Gasteiger partial charge in [-0.3, -0.25) is 9.59 Å². The van der Waals surface area contributed by atoms with Crippen LogP contribution >= 0.6 is 11.3 Å². The molecule has 2 aliphatic rings. The maximum absolute atomic E-state index is 13.9. The number of carbonyl (C=O) groups excluding carboxylic acids is 3. The van der Waals surface area contributed by atoms with E-state index in [9.17, 15) is 14.4 Å². The molecule has 1 aliphatic carbocycles. The van der Waals surface area contributed by atoms with Crippen molar-refractivity contribution < 1.29 is 14.4 Å². The zero-order chi connectivity index (χ0) is 27.0. The predicted molar refractivity (Wildman–Crippen MR) is 153 cm³/mol. The van der Waals surface area contributed by atoms with Crippen LogP contribution in [0.15, 0.2) is 66.0 Å². The molecule has 5 rings (SSSR count). The number of nitrogens with zero attached hydrogens (tertiary/aromatic N) is 2. The van der Waals surface area contributed by atoms with Gasteiger partial charge in [0.2, 0.25) is 5.91 Å². The first-order valence-corrected chi connectivity index (χ1v) is 14.7. The lowest BCUT2D eigenvalue weighted by Crippen LogP contribution is -2.51. The van der Waals surface area contributed by atoms with Crippen molar-refractivity contribution in [2.24, 2.45) is 0 Å². The molecule has 0 unspecified atom stereocenters. The van der Waals surface area contributed by atoms with Crippen molar-refractivity contribution in [3.63, 3.8) is 0 Å².